The van der Waals surface area contributed by atoms with Crippen LogP contribution in [0, 0.1) is 0 Å². The smallest absolute Gasteiger partial charge is 0.233 e. The Bertz CT molecular complexity index is 609. The second-order valence-electron chi connectivity index (χ2n) is 6.61. The SMILES string of the molecule is COc1cc(C2SCC(=O)N2CCCN2CCCC2)cc(OC)c1OC. The molecule has 26 heavy (non-hydrogen) atoms. The zero-order valence-corrected chi connectivity index (χ0v) is 16.6. The van der Waals surface area contributed by atoms with E-state index in [1.54, 1.807) is 33.1 Å². The number of rotatable bonds is 8. The highest BCUT2D eigenvalue weighted by molar-refractivity contribution is 8.00. The van der Waals surface area contributed by atoms with Gasteiger partial charge < -0.3 is 24.0 Å². The Labute approximate surface area is 159 Å². The Morgan fingerprint density at radius 1 is 1.04 bits per heavy atom. The van der Waals surface area contributed by atoms with Crippen LogP contribution in [0.25, 0.3) is 0 Å². The number of benzene rings is 1. The van der Waals surface area contributed by atoms with E-state index in [2.05, 4.69) is 4.90 Å². The predicted octanol–water partition coefficient (Wildman–Crippen LogP) is 2.77. The molecule has 2 aliphatic heterocycles. The van der Waals surface area contributed by atoms with Gasteiger partial charge in [0.25, 0.3) is 0 Å². The molecule has 1 unspecified atom stereocenters. The van der Waals surface area contributed by atoms with Crippen LogP contribution in [0.2, 0.25) is 0 Å². The van der Waals surface area contributed by atoms with Crippen LogP contribution in [-0.2, 0) is 4.79 Å². The molecular weight excluding hydrogens is 352 g/mol. The number of hydrogen-bond acceptors (Lipinski definition) is 6. The van der Waals surface area contributed by atoms with E-state index in [4.69, 9.17) is 14.2 Å². The van der Waals surface area contributed by atoms with Crippen molar-refractivity contribution in [3.05, 3.63) is 17.7 Å². The topological polar surface area (TPSA) is 51.2 Å². The van der Waals surface area contributed by atoms with E-state index >= 15 is 0 Å². The van der Waals surface area contributed by atoms with Crippen LogP contribution >= 0.6 is 11.8 Å². The first-order chi connectivity index (χ1) is 12.7. The van der Waals surface area contributed by atoms with Gasteiger partial charge in [-0.2, -0.15) is 0 Å². The standard InChI is InChI=1S/C19H28N2O4S/c1-23-15-11-14(12-16(24-2)18(15)25-3)19-21(17(22)13-26-19)10-6-9-20-7-4-5-8-20/h11-12,19H,4-10,13H2,1-3H3. The minimum absolute atomic E-state index is 0.00483. The summed E-state index contributed by atoms with van der Waals surface area (Å²) in [7, 11) is 4.82. The van der Waals surface area contributed by atoms with E-state index in [0.717, 1.165) is 25.1 Å². The lowest BCUT2D eigenvalue weighted by Crippen LogP contribution is -2.32. The molecule has 2 aliphatic rings. The monoisotopic (exact) mass is 380 g/mol. The quantitative estimate of drug-likeness (QED) is 0.691. The first-order valence-electron chi connectivity index (χ1n) is 9.11. The van der Waals surface area contributed by atoms with Gasteiger partial charge in [-0.1, -0.05) is 0 Å². The molecule has 0 spiro atoms. The molecule has 3 rings (SSSR count). The third-order valence-corrected chi connectivity index (χ3v) is 6.27. The maximum atomic E-state index is 12.4. The van der Waals surface area contributed by atoms with Crippen LogP contribution in [0.5, 0.6) is 17.2 Å². The molecule has 1 aromatic carbocycles. The number of amides is 1. The highest BCUT2D eigenvalue weighted by Gasteiger charge is 2.33. The summed E-state index contributed by atoms with van der Waals surface area (Å²) in [5, 5.41) is -0.00483. The Hall–Kier alpha value is -1.60. The Balaban J connectivity index is 1.74. The molecule has 0 radical (unpaired) electrons. The molecule has 0 N–H and O–H groups in total. The zero-order valence-electron chi connectivity index (χ0n) is 15.8. The van der Waals surface area contributed by atoms with E-state index in [1.165, 1.54) is 25.9 Å². The summed E-state index contributed by atoms with van der Waals surface area (Å²) in [6.45, 7) is 4.23. The molecule has 1 aromatic rings. The van der Waals surface area contributed by atoms with E-state index in [-0.39, 0.29) is 11.3 Å². The number of thioether (sulfide) groups is 1. The number of ether oxygens (including phenoxy) is 3. The first-order valence-corrected chi connectivity index (χ1v) is 10.2. The van der Waals surface area contributed by atoms with Crippen molar-refractivity contribution in [1.29, 1.82) is 0 Å². The van der Waals surface area contributed by atoms with E-state index in [9.17, 15) is 4.79 Å². The third kappa shape index (κ3) is 4.04. The number of hydrogen-bond donors (Lipinski definition) is 0. The van der Waals surface area contributed by atoms with Gasteiger partial charge in [0, 0.05) is 6.54 Å². The minimum atomic E-state index is -0.00483. The van der Waals surface area contributed by atoms with Gasteiger partial charge >= 0.3 is 0 Å². The zero-order chi connectivity index (χ0) is 18.5. The molecule has 2 saturated heterocycles. The molecule has 7 heteroatoms. The highest BCUT2D eigenvalue weighted by Crippen LogP contribution is 2.45. The maximum absolute atomic E-state index is 12.4. The van der Waals surface area contributed by atoms with E-state index in [1.807, 2.05) is 17.0 Å². The van der Waals surface area contributed by atoms with Crippen molar-refractivity contribution in [2.45, 2.75) is 24.6 Å². The average Bonchev–Trinajstić information content (AvgIpc) is 3.31. The molecule has 0 aliphatic carbocycles. The fourth-order valence-electron chi connectivity index (χ4n) is 3.69. The van der Waals surface area contributed by atoms with E-state index in [0.29, 0.717) is 23.0 Å². The van der Waals surface area contributed by atoms with Gasteiger partial charge in [-0.15, -0.1) is 11.8 Å². The fourth-order valence-corrected chi connectivity index (χ4v) is 4.88. The predicted molar refractivity (Wildman–Crippen MR) is 103 cm³/mol. The van der Waals surface area contributed by atoms with Gasteiger partial charge in [0.2, 0.25) is 11.7 Å². The van der Waals surface area contributed by atoms with Gasteiger partial charge in [0.05, 0.1) is 27.1 Å². The maximum Gasteiger partial charge on any atom is 0.233 e. The van der Waals surface area contributed by atoms with Crippen LogP contribution in [0.1, 0.15) is 30.2 Å². The largest absolute Gasteiger partial charge is 0.493 e. The second kappa shape index (κ2) is 8.86. The first kappa shape index (κ1) is 19.2. The van der Waals surface area contributed by atoms with Gasteiger partial charge in [0.1, 0.15) is 5.37 Å². The van der Waals surface area contributed by atoms with E-state index < -0.39 is 0 Å². The lowest BCUT2D eigenvalue weighted by atomic mass is 10.1. The third-order valence-electron chi connectivity index (χ3n) is 5.01. The lowest BCUT2D eigenvalue weighted by Gasteiger charge is -2.26. The van der Waals surface area contributed by atoms with Gasteiger partial charge in [-0.25, -0.2) is 0 Å². The van der Waals surface area contributed by atoms with Gasteiger partial charge in [0.15, 0.2) is 11.5 Å². The van der Waals surface area contributed by atoms with Crippen molar-refractivity contribution in [2.75, 3.05) is 53.3 Å². The van der Waals surface area contributed by atoms with Crippen LogP contribution in [-0.4, -0.2) is 69.0 Å². The highest BCUT2D eigenvalue weighted by atomic mass is 32.2. The second-order valence-corrected chi connectivity index (χ2v) is 7.68. The van der Waals surface area contributed by atoms with Crippen LogP contribution in [0.4, 0.5) is 0 Å². The van der Waals surface area contributed by atoms with Crippen molar-refractivity contribution in [1.82, 2.24) is 9.80 Å². The minimum Gasteiger partial charge on any atom is -0.493 e. The Morgan fingerprint density at radius 2 is 1.69 bits per heavy atom. The molecule has 144 valence electrons. The molecule has 0 bridgehead atoms. The average molecular weight is 381 g/mol. The van der Waals surface area contributed by atoms with Crippen molar-refractivity contribution >= 4 is 17.7 Å². The molecule has 6 nitrogen and oxygen atoms in total. The number of carbonyl (C=O) groups excluding carboxylic acids is 1. The number of methoxy groups -OCH3 is 3. The fraction of sp³-hybridized carbons (Fsp3) is 0.632. The van der Waals surface area contributed by atoms with Crippen molar-refractivity contribution in [3.63, 3.8) is 0 Å². The van der Waals surface area contributed by atoms with Crippen molar-refractivity contribution in [3.8, 4) is 17.2 Å². The van der Waals surface area contributed by atoms with Crippen molar-refractivity contribution in [2.24, 2.45) is 0 Å². The van der Waals surface area contributed by atoms with Crippen LogP contribution < -0.4 is 14.2 Å². The summed E-state index contributed by atoms with van der Waals surface area (Å²) in [4.78, 5) is 16.9. The molecule has 1 amide bonds. The Kier molecular flexibility index (Phi) is 6.53. The molecule has 2 fully saturated rings. The summed E-state index contributed by atoms with van der Waals surface area (Å²) in [6, 6.07) is 3.90. The number of likely N-dealkylation sites (tertiary alicyclic amines) is 1. The van der Waals surface area contributed by atoms with Crippen LogP contribution in [0.3, 0.4) is 0 Å². The summed E-state index contributed by atoms with van der Waals surface area (Å²) in [6.07, 6.45) is 3.60. The molecule has 1 atom stereocenters. The van der Waals surface area contributed by atoms with Gasteiger partial charge in [-0.05, 0) is 56.6 Å². The molecule has 2 heterocycles. The van der Waals surface area contributed by atoms with Gasteiger partial charge in [-0.3, -0.25) is 4.79 Å². The lowest BCUT2D eigenvalue weighted by molar-refractivity contribution is -0.128. The summed E-state index contributed by atoms with van der Waals surface area (Å²) < 4.78 is 16.3. The molecule has 0 aromatic heterocycles. The number of nitrogens with zero attached hydrogens (tertiary/aromatic N) is 2. The Morgan fingerprint density at radius 3 is 2.27 bits per heavy atom. The van der Waals surface area contributed by atoms with Crippen molar-refractivity contribution < 1.29 is 19.0 Å². The normalized spacial score (nSPS) is 20.7. The van der Waals surface area contributed by atoms with Crippen LogP contribution in [0.15, 0.2) is 12.1 Å². The summed E-state index contributed by atoms with van der Waals surface area (Å²) >= 11 is 1.66. The summed E-state index contributed by atoms with van der Waals surface area (Å²) in [5.41, 5.74) is 1.01. The molecule has 0 saturated carbocycles. The number of carbonyl (C=O) groups is 1. The summed E-state index contributed by atoms with van der Waals surface area (Å²) in [5.74, 6) is 2.55. The molecular formula is C19H28N2O4S.